The first-order valence-electron chi connectivity index (χ1n) is 8.41. The van der Waals surface area contributed by atoms with E-state index in [0.29, 0.717) is 6.04 Å². The molecule has 1 saturated carbocycles. The van der Waals surface area contributed by atoms with Crippen molar-refractivity contribution in [3.05, 3.63) is 21.4 Å². The highest BCUT2D eigenvalue weighted by Crippen LogP contribution is 2.29. The van der Waals surface area contributed by atoms with Crippen LogP contribution in [-0.2, 0) is 0 Å². The molecule has 1 atom stereocenters. The molecule has 1 saturated heterocycles. The van der Waals surface area contributed by atoms with Crippen LogP contribution in [0, 0.1) is 13.8 Å². The number of rotatable bonds is 4. The maximum absolute atomic E-state index is 12.2. The van der Waals surface area contributed by atoms with Gasteiger partial charge in [-0.3, -0.25) is 0 Å². The smallest absolute Gasteiger partial charge is 0.315 e. The van der Waals surface area contributed by atoms with Crippen molar-refractivity contribution < 1.29 is 4.79 Å². The van der Waals surface area contributed by atoms with Gasteiger partial charge in [-0.15, -0.1) is 11.3 Å². The molecule has 0 bridgehead atoms. The molecule has 1 unspecified atom stereocenters. The lowest BCUT2D eigenvalue weighted by Gasteiger charge is -2.32. The summed E-state index contributed by atoms with van der Waals surface area (Å²) in [5, 5.41) is 6.24. The Bertz CT molecular complexity index is 530. The molecule has 2 fully saturated rings. The van der Waals surface area contributed by atoms with E-state index in [1.165, 1.54) is 28.2 Å². The standard InChI is InChI=1S/C17H27N3OS/c1-11-10-16(13(3)22-11)12(2)18-17(21)19-14-6-8-20(9-7-14)15-4-5-15/h10,12,14-15H,4-9H2,1-3H3,(H2,18,19,21). The average molecular weight is 321 g/mol. The highest BCUT2D eigenvalue weighted by Gasteiger charge is 2.32. The largest absolute Gasteiger partial charge is 0.335 e. The topological polar surface area (TPSA) is 44.4 Å². The zero-order valence-electron chi connectivity index (χ0n) is 13.8. The predicted octanol–water partition coefficient (Wildman–Crippen LogP) is 3.35. The van der Waals surface area contributed by atoms with Crippen molar-refractivity contribution in [3.8, 4) is 0 Å². The monoisotopic (exact) mass is 321 g/mol. The summed E-state index contributed by atoms with van der Waals surface area (Å²) in [5.41, 5.74) is 1.24. The zero-order chi connectivity index (χ0) is 15.7. The van der Waals surface area contributed by atoms with Gasteiger partial charge in [-0.2, -0.15) is 0 Å². The van der Waals surface area contributed by atoms with E-state index in [1.54, 1.807) is 11.3 Å². The van der Waals surface area contributed by atoms with Crippen molar-refractivity contribution in [3.63, 3.8) is 0 Å². The van der Waals surface area contributed by atoms with Crippen molar-refractivity contribution in [2.45, 2.75) is 64.6 Å². The van der Waals surface area contributed by atoms with Crippen LogP contribution in [0.4, 0.5) is 4.79 Å². The summed E-state index contributed by atoms with van der Waals surface area (Å²) in [6.45, 7) is 8.56. The number of nitrogens with one attached hydrogen (secondary N) is 2. The fourth-order valence-electron chi connectivity index (χ4n) is 3.43. The Morgan fingerprint density at radius 1 is 1.27 bits per heavy atom. The van der Waals surface area contributed by atoms with E-state index in [9.17, 15) is 4.79 Å². The number of aryl methyl sites for hydroxylation is 2. The molecule has 2 heterocycles. The first kappa shape index (κ1) is 15.8. The average Bonchev–Trinajstić information content (AvgIpc) is 3.24. The van der Waals surface area contributed by atoms with E-state index in [4.69, 9.17) is 0 Å². The number of urea groups is 1. The molecule has 1 aromatic rings. The van der Waals surface area contributed by atoms with E-state index in [1.807, 2.05) is 0 Å². The van der Waals surface area contributed by atoms with E-state index >= 15 is 0 Å². The quantitative estimate of drug-likeness (QED) is 0.893. The predicted molar refractivity (Wildman–Crippen MR) is 91.5 cm³/mol. The Hall–Kier alpha value is -1.07. The number of hydrogen-bond acceptors (Lipinski definition) is 3. The molecule has 2 amide bonds. The van der Waals surface area contributed by atoms with Crippen LogP contribution in [0.15, 0.2) is 6.07 Å². The van der Waals surface area contributed by atoms with Crippen LogP contribution in [0.1, 0.15) is 54.0 Å². The fraction of sp³-hybridized carbons (Fsp3) is 0.706. The normalized spacial score (nSPS) is 21.6. The van der Waals surface area contributed by atoms with E-state index in [0.717, 1.165) is 32.0 Å². The number of piperidine rings is 1. The minimum absolute atomic E-state index is 0.0272. The molecular formula is C17H27N3OS. The molecular weight excluding hydrogens is 294 g/mol. The molecule has 1 aliphatic heterocycles. The van der Waals surface area contributed by atoms with Crippen LogP contribution in [0.5, 0.6) is 0 Å². The lowest BCUT2D eigenvalue weighted by molar-refractivity contribution is 0.185. The SMILES string of the molecule is Cc1cc(C(C)NC(=O)NC2CCN(C3CC3)CC2)c(C)s1. The summed E-state index contributed by atoms with van der Waals surface area (Å²) in [4.78, 5) is 17.4. The van der Waals surface area contributed by atoms with Crippen LogP contribution in [0.3, 0.4) is 0 Å². The second-order valence-electron chi connectivity index (χ2n) is 6.75. The number of nitrogens with zero attached hydrogens (tertiary/aromatic N) is 1. The number of carbonyl (C=O) groups is 1. The second-order valence-corrected chi connectivity index (χ2v) is 8.21. The van der Waals surface area contributed by atoms with Crippen LogP contribution in [-0.4, -0.2) is 36.1 Å². The number of amides is 2. The molecule has 22 heavy (non-hydrogen) atoms. The zero-order valence-corrected chi connectivity index (χ0v) is 14.6. The molecule has 0 radical (unpaired) electrons. The molecule has 1 aromatic heterocycles. The number of likely N-dealkylation sites (tertiary alicyclic amines) is 1. The van der Waals surface area contributed by atoms with Gasteiger partial charge in [0.25, 0.3) is 0 Å². The Morgan fingerprint density at radius 2 is 1.95 bits per heavy atom. The molecule has 122 valence electrons. The lowest BCUT2D eigenvalue weighted by atomic mass is 10.1. The highest BCUT2D eigenvalue weighted by molar-refractivity contribution is 7.12. The van der Waals surface area contributed by atoms with Gasteiger partial charge in [-0.1, -0.05) is 0 Å². The molecule has 3 rings (SSSR count). The van der Waals surface area contributed by atoms with Gasteiger partial charge in [0.05, 0.1) is 6.04 Å². The van der Waals surface area contributed by atoms with Gasteiger partial charge in [0.1, 0.15) is 0 Å². The molecule has 2 aliphatic rings. The number of carbonyl (C=O) groups excluding carboxylic acids is 1. The third-order valence-corrected chi connectivity index (χ3v) is 5.80. The summed E-state index contributed by atoms with van der Waals surface area (Å²) >= 11 is 1.79. The van der Waals surface area contributed by atoms with Crippen LogP contribution in [0.25, 0.3) is 0 Å². The third kappa shape index (κ3) is 3.82. The Balaban J connectivity index is 1.45. The molecule has 2 N–H and O–H groups in total. The fourth-order valence-corrected chi connectivity index (χ4v) is 4.45. The van der Waals surface area contributed by atoms with Crippen molar-refractivity contribution in [1.82, 2.24) is 15.5 Å². The van der Waals surface area contributed by atoms with Crippen molar-refractivity contribution in [2.75, 3.05) is 13.1 Å². The first-order chi connectivity index (χ1) is 10.5. The van der Waals surface area contributed by atoms with E-state index < -0.39 is 0 Å². The molecule has 1 aliphatic carbocycles. The highest BCUT2D eigenvalue weighted by atomic mass is 32.1. The summed E-state index contributed by atoms with van der Waals surface area (Å²) < 4.78 is 0. The van der Waals surface area contributed by atoms with Crippen molar-refractivity contribution >= 4 is 17.4 Å². The second kappa shape index (κ2) is 6.59. The van der Waals surface area contributed by atoms with Gasteiger partial charge in [-0.05, 0) is 58.1 Å². The Labute approximate surface area is 137 Å². The van der Waals surface area contributed by atoms with Gasteiger partial charge in [0, 0.05) is 34.9 Å². The third-order valence-electron chi connectivity index (χ3n) is 4.82. The number of thiophene rings is 1. The molecule has 0 spiro atoms. The summed E-state index contributed by atoms with van der Waals surface area (Å²) in [5.74, 6) is 0. The number of hydrogen-bond donors (Lipinski definition) is 2. The Morgan fingerprint density at radius 3 is 2.50 bits per heavy atom. The molecule has 4 nitrogen and oxygen atoms in total. The van der Waals surface area contributed by atoms with Gasteiger partial charge in [0.15, 0.2) is 0 Å². The maximum Gasteiger partial charge on any atom is 0.315 e. The van der Waals surface area contributed by atoms with Gasteiger partial charge < -0.3 is 15.5 Å². The van der Waals surface area contributed by atoms with E-state index in [-0.39, 0.29) is 12.1 Å². The van der Waals surface area contributed by atoms with Crippen LogP contribution < -0.4 is 10.6 Å². The Kier molecular flexibility index (Phi) is 4.73. The van der Waals surface area contributed by atoms with Crippen molar-refractivity contribution in [2.24, 2.45) is 0 Å². The summed E-state index contributed by atoms with van der Waals surface area (Å²) in [6.07, 6.45) is 4.90. The van der Waals surface area contributed by atoms with Gasteiger partial charge in [0.2, 0.25) is 0 Å². The van der Waals surface area contributed by atoms with E-state index in [2.05, 4.69) is 42.4 Å². The minimum Gasteiger partial charge on any atom is -0.335 e. The minimum atomic E-state index is -0.0272. The maximum atomic E-state index is 12.2. The first-order valence-corrected chi connectivity index (χ1v) is 9.22. The van der Waals surface area contributed by atoms with Gasteiger partial charge in [-0.25, -0.2) is 4.79 Å². The summed E-state index contributed by atoms with van der Waals surface area (Å²) in [6, 6.07) is 3.39. The molecule has 0 aromatic carbocycles. The van der Waals surface area contributed by atoms with Crippen LogP contribution >= 0.6 is 11.3 Å². The molecule has 5 heteroatoms. The summed E-state index contributed by atoms with van der Waals surface area (Å²) in [7, 11) is 0. The van der Waals surface area contributed by atoms with Crippen molar-refractivity contribution in [1.29, 1.82) is 0 Å². The van der Waals surface area contributed by atoms with Crippen LogP contribution in [0.2, 0.25) is 0 Å². The van der Waals surface area contributed by atoms with Gasteiger partial charge >= 0.3 is 6.03 Å². The lowest BCUT2D eigenvalue weighted by Crippen LogP contribution is -2.48.